The highest BCUT2D eigenvalue weighted by atomic mass is 16.5. The molecular formula is C19H25N3O2. The molecule has 0 unspecified atom stereocenters. The van der Waals surface area contributed by atoms with Gasteiger partial charge in [0.2, 0.25) is 5.91 Å². The van der Waals surface area contributed by atoms with E-state index in [1.54, 1.807) is 0 Å². The summed E-state index contributed by atoms with van der Waals surface area (Å²) in [5, 5.41) is 0. The van der Waals surface area contributed by atoms with Gasteiger partial charge in [0.25, 0.3) is 0 Å². The van der Waals surface area contributed by atoms with E-state index in [2.05, 4.69) is 17.7 Å². The van der Waals surface area contributed by atoms with Gasteiger partial charge in [0.1, 0.15) is 5.82 Å². The predicted molar refractivity (Wildman–Crippen MR) is 92.6 cm³/mol. The fraction of sp³-hybridized carbons (Fsp3) is 0.579. The molecule has 5 nitrogen and oxygen atoms in total. The van der Waals surface area contributed by atoms with E-state index in [1.165, 1.54) is 0 Å². The number of ether oxygens (including phenoxy) is 1. The number of benzene rings is 1. The largest absolute Gasteiger partial charge is 0.378 e. The Bertz CT molecular complexity index is 733. The minimum Gasteiger partial charge on any atom is -0.378 e. The van der Waals surface area contributed by atoms with Crippen molar-refractivity contribution in [3.63, 3.8) is 0 Å². The van der Waals surface area contributed by atoms with Crippen molar-refractivity contribution < 1.29 is 9.53 Å². The third kappa shape index (κ3) is 2.81. The van der Waals surface area contributed by atoms with Crippen LogP contribution < -0.4 is 0 Å². The Kier molecular flexibility index (Phi) is 4.27. The number of rotatable bonds is 3. The predicted octanol–water partition coefficient (Wildman–Crippen LogP) is 3.20. The van der Waals surface area contributed by atoms with Gasteiger partial charge in [-0.25, -0.2) is 4.98 Å². The third-order valence-corrected chi connectivity index (χ3v) is 5.37. The van der Waals surface area contributed by atoms with Crippen molar-refractivity contribution in [1.29, 1.82) is 0 Å². The molecule has 0 spiro atoms. The van der Waals surface area contributed by atoms with E-state index in [9.17, 15) is 4.79 Å². The maximum absolute atomic E-state index is 12.9. The van der Waals surface area contributed by atoms with Crippen molar-refractivity contribution in [1.82, 2.24) is 14.5 Å². The number of carbonyl (C=O) groups is 1. The first-order valence-corrected chi connectivity index (χ1v) is 9.06. The Morgan fingerprint density at radius 1 is 1.25 bits per heavy atom. The molecule has 4 rings (SSSR count). The molecule has 0 radical (unpaired) electrons. The SMILES string of the molecule is Cn1c([C@H]2CCCCN2C(=O)C[C@H]2CCCO2)nc2ccccc21. The van der Waals surface area contributed by atoms with Crippen molar-refractivity contribution >= 4 is 16.9 Å². The first kappa shape index (κ1) is 15.6. The van der Waals surface area contributed by atoms with Gasteiger partial charge >= 0.3 is 0 Å². The van der Waals surface area contributed by atoms with Gasteiger partial charge in [-0.2, -0.15) is 0 Å². The molecule has 0 aliphatic carbocycles. The lowest BCUT2D eigenvalue weighted by atomic mass is 10.00. The van der Waals surface area contributed by atoms with Crippen LogP contribution in [0.5, 0.6) is 0 Å². The van der Waals surface area contributed by atoms with Gasteiger partial charge in [-0.05, 0) is 44.2 Å². The van der Waals surface area contributed by atoms with Gasteiger partial charge in [0.05, 0.1) is 29.6 Å². The number of carbonyl (C=O) groups excluding carboxylic acids is 1. The zero-order chi connectivity index (χ0) is 16.5. The van der Waals surface area contributed by atoms with Gasteiger partial charge in [0.15, 0.2) is 0 Å². The minimum absolute atomic E-state index is 0.0880. The summed E-state index contributed by atoms with van der Waals surface area (Å²) in [4.78, 5) is 19.8. The molecular weight excluding hydrogens is 302 g/mol. The molecule has 1 amide bonds. The standard InChI is InChI=1S/C19H25N3O2/c1-21-16-9-3-2-8-15(16)20-19(21)17-10-4-5-11-22(17)18(23)13-14-7-6-12-24-14/h2-3,8-9,14,17H,4-7,10-13H2,1H3/t14-,17-/m1/s1. The van der Waals surface area contributed by atoms with Gasteiger partial charge in [-0.3, -0.25) is 4.79 Å². The zero-order valence-corrected chi connectivity index (χ0v) is 14.3. The van der Waals surface area contributed by atoms with E-state index in [0.29, 0.717) is 6.42 Å². The number of para-hydroxylation sites is 2. The van der Waals surface area contributed by atoms with E-state index in [-0.39, 0.29) is 18.1 Å². The van der Waals surface area contributed by atoms with E-state index in [0.717, 1.165) is 62.1 Å². The lowest BCUT2D eigenvalue weighted by Crippen LogP contribution is -2.40. The van der Waals surface area contributed by atoms with Crippen LogP contribution in [-0.2, 0) is 16.6 Å². The summed E-state index contributed by atoms with van der Waals surface area (Å²) in [6, 6.07) is 8.27. The molecule has 2 aliphatic rings. The van der Waals surface area contributed by atoms with Crippen LogP contribution in [0, 0.1) is 0 Å². The monoisotopic (exact) mass is 327 g/mol. The van der Waals surface area contributed by atoms with Gasteiger partial charge in [0, 0.05) is 20.2 Å². The summed E-state index contributed by atoms with van der Waals surface area (Å²) in [6.45, 7) is 1.63. The van der Waals surface area contributed by atoms with Gasteiger partial charge < -0.3 is 14.2 Å². The van der Waals surface area contributed by atoms with Crippen LogP contribution in [0.2, 0.25) is 0 Å². The Hall–Kier alpha value is -1.88. The van der Waals surface area contributed by atoms with Gasteiger partial charge in [-0.1, -0.05) is 12.1 Å². The number of hydrogen-bond donors (Lipinski definition) is 0. The van der Waals surface area contributed by atoms with E-state index < -0.39 is 0 Å². The smallest absolute Gasteiger partial charge is 0.225 e. The molecule has 0 saturated carbocycles. The lowest BCUT2D eigenvalue weighted by Gasteiger charge is -2.35. The Morgan fingerprint density at radius 3 is 2.92 bits per heavy atom. The van der Waals surface area contributed by atoms with E-state index >= 15 is 0 Å². The van der Waals surface area contributed by atoms with Crippen LogP contribution in [0.15, 0.2) is 24.3 Å². The number of fused-ring (bicyclic) bond motifs is 1. The average Bonchev–Trinajstić information content (AvgIpc) is 3.23. The topological polar surface area (TPSA) is 47.4 Å². The number of likely N-dealkylation sites (tertiary alicyclic amines) is 1. The molecule has 1 aromatic carbocycles. The number of aromatic nitrogens is 2. The third-order valence-electron chi connectivity index (χ3n) is 5.37. The van der Waals surface area contributed by atoms with Crippen LogP contribution in [0.4, 0.5) is 0 Å². The Morgan fingerprint density at radius 2 is 2.12 bits per heavy atom. The fourth-order valence-corrected chi connectivity index (χ4v) is 4.08. The highest BCUT2D eigenvalue weighted by Crippen LogP contribution is 2.33. The molecule has 2 aromatic rings. The molecule has 2 fully saturated rings. The molecule has 2 aliphatic heterocycles. The molecule has 0 bridgehead atoms. The zero-order valence-electron chi connectivity index (χ0n) is 14.3. The minimum atomic E-state index is 0.0880. The second-order valence-corrected chi connectivity index (χ2v) is 6.96. The molecule has 1 aromatic heterocycles. The van der Waals surface area contributed by atoms with E-state index in [4.69, 9.17) is 9.72 Å². The molecule has 3 heterocycles. The maximum Gasteiger partial charge on any atom is 0.225 e. The number of hydrogen-bond acceptors (Lipinski definition) is 3. The van der Waals surface area contributed by atoms with Crippen molar-refractivity contribution in [2.45, 2.75) is 50.7 Å². The first-order valence-electron chi connectivity index (χ1n) is 9.06. The van der Waals surface area contributed by atoms with Crippen LogP contribution in [0.3, 0.4) is 0 Å². The fourth-order valence-electron chi connectivity index (χ4n) is 4.08. The second kappa shape index (κ2) is 6.55. The molecule has 128 valence electrons. The molecule has 24 heavy (non-hydrogen) atoms. The van der Waals surface area contributed by atoms with Gasteiger partial charge in [-0.15, -0.1) is 0 Å². The summed E-state index contributed by atoms with van der Waals surface area (Å²) in [5.74, 6) is 1.23. The van der Waals surface area contributed by atoms with Crippen LogP contribution in [0.1, 0.15) is 50.4 Å². The number of amides is 1. The van der Waals surface area contributed by atoms with Crippen molar-refractivity contribution in [2.24, 2.45) is 7.05 Å². The van der Waals surface area contributed by atoms with Crippen LogP contribution in [-0.4, -0.2) is 39.6 Å². The molecule has 2 saturated heterocycles. The van der Waals surface area contributed by atoms with Crippen LogP contribution in [0.25, 0.3) is 11.0 Å². The van der Waals surface area contributed by atoms with Crippen molar-refractivity contribution in [3.05, 3.63) is 30.1 Å². The Labute approximate surface area is 142 Å². The summed E-state index contributed by atoms with van der Waals surface area (Å²) < 4.78 is 7.81. The van der Waals surface area contributed by atoms with Crippen LogP contribution >= 0.6 is 0 Å². The number of piperidine rings is 1. The first-order chi connectivity index (χ1) is 11.7. The number of nitrogens with zero attached hydrogens (tertiary/aromatic N) is 3. The van der Waals surface area contributed by atoms with Crippen molar-refractivity contribution in [3.8, 4) is 0 Å². The number of aryl methyl sites for hydroxylation is 1. The quantitative estimate of drug-likeness (QED) is 0.870. The highest BCUT2D eigenvalue weighted by Gasteiger charge is 2.32. The summed E-state index contributed by atoms with van der Waals surface area (Å²) in [6.07, 6.45) is 5.94. The molecule has 0 N–H and O–H groups in total. The van der Waals surface area contributed by atoms with Crippen molar-refractivity contribution in [2.75, 3.05) is 13.2 Å². The molecule has 5 heteroatoms. The normalized spacial score (nSPS) is 24.6. The Balaban J connectivity index is 1.60. The summed E-state index contributed by atoms with van der Waals surface area (Å²) >= 11 is 0. The lowest BCUT2D eigenvalue weighted by molar-refractivity contribution is -0.137. The molecule has 2 atom stereocenters. The summed E-state index contributed by atoms with van der Waals surface area (Å²) in [7, 11) is 2.06. The highest BCUT2D eigenvalue weighted by molar-refractivity contribution is 5.78. The maximum atomic E-state index is 12.9. The van der Waals surface area contributed by atoms with E-state index in [1.807, 2.05) is 23.1 Å². The summed E-state index contributed by atoms with van der Waals surface area (Å²) in [5.41, 5.74) is 2.14. The average molecular weight is 327 g/mol. The number of imidazole rings is 1. The second-order valence-electron chi connectivity index (χ2n) is 6.96.